The molecule has 4 heteroatoms. The first kappa shape index (κ1) is 25.8. The summed E-state index contributed by atoms with van der Waals surface area (Å²) in [5.74, 6) is 0. The maximum Gasteiger partial charge on any atom is 0.0903 e. The Hall–Kier alpha value is -5.61. The molecule has 4 aromatic carbocycles. The molecule has 1 aliphatic heterocycles. The molecule has 0 spiro atoms. The molecule has 0 radical (unpaired) electrons. The lowest BCUT2D eigenvalue weighted by Crippen LogP contribution is -2.26. The molecule has 0 bridgehead atoms. The van der Waals surface area contributed by atoms with Crippen LogP contribution in [0, 0.1) is 0 Å². The number of aryl methyl sites for hydroxylation is 1. The number of para-hydroxylation sites is 1. The van der Waals surface area contributed by atoms with Crippen LogP contribution in [0.25, 0.3) is 60.8 Å². The molecule has 0 saturated carbocycles. The molecule has 2 aliphatic rings. The summed E-state index contributed by atoms with van der Waals surface area (Å²) in [6, 6.07) is 36.6. The van der Waals surface area contributed by atoms with Crippen molar-refractivity contribution in [2.45, 2.75) is 18.9 Å². The second kappa shape index (κ2) is 10.2. The van der Waals surface area contributed by atoms with Crippen molar-refractivity contribution in [2.75, 3.05) is 7.05 Å². The monoisotopic (exact) mass is 578 g/mol. The second-order valence-electron chi connectivity index (χ2n) is 12.1. The SMILES string of the molecule is CN1C(c2ccc3cc4c(cc3n2)C=CCC4)=CC(c2cnc3ccccc3c2)=CC1c1ccc2cc3ccccc3cc2n1. The third-order valence-electron chi connectivity index (χ3n) is 9.32. The molecule has 0 fully saturated rings. The van der Waals surface area contributed by atoms with Gasteiger partial charge < -0.3 is 4.90 Å². The second-order valence-corrected chi connectivity index (χ2v) is 12.1. The Labute approximate surface area is 261 Å². The molecule has 0 amide bonds. The van der Waals surface area contributed by atoms with Crippen molar-refractivity contribution >= 4 is 60.8 Å². The van der Waals surface area contributed by atoms with Gasteiger partial charge in [0.2, 0.25) is 0 Å². The van der Waals surface area contributed by atoms with E-state index < -0.39 is 0 Å². The topological polar surface area (TPSA) is 41.9 Å². The van der Waals surface area contributed by atoms with Crippen molar-refractivity contribution in [3.05, 3.63) is 156 Å². The predicted molar refractivity (Wildman–Crippen MR) is 187 cm³/mol. The van der Waals surface area contributed by atoms with Crippen molar-refractivity contribution in [1.29, 1.82) is 0 Å². The van der Waals surface area contributed by atoms with Gasteiger partial charge in [0.1, 0.15) is 0 Å². The molecule has 1 aliphatic carbocycles. The van der Waals surface area contributed by atoms with Crippen LogP contribution >= 0.6 is 0 Å². The Balaban J connectivity index is 1.20. The zero-order valence-corrected chi connectivity index (χ0v) is 25.0. The van der Waals surface area contributed by atoms with E-state index >= 15 is 0 Å². The van der Waals surface area contributed by atoms with Gasteiger partial charge in [-0.3, -0.25) is 9.97 Å². The van der Waals surface area contributed by atoms with Crippen molar-refractivity contribution in [2.24, 2.45) is 0 Å². The Kier molecular flexibility index (Phi) is 5.88. The third kappa shape index (κ3) is 4.49. The standard InChI is InChI=1S/C41H30N4/c1-45-40(36-16-14-31-18-26-8-2-4-10-28(26)21-38(31)43-36)23-33(34-20-30-12-6-7-13-35(30)42-25-34)24-41(45)37-17-15-32-19-27-9-3-5-11-29(27)22-39(32)44-37/h2,4-8,10-25,40H,3,9H2,1H3. The fourth-order valence-electron chi connectivity index (χ4n) is 6.87. The molecule has 7 aromatic rings. The molecular formula is C41H30N4. The van der Waals surface area contributed by atoms with E-state index in [4.69, 9.17) is 15.0 Å². The van der Waals surface area contributed by atoms with Gasteiger partial charge in [-0.15, -0.1) is 0 Å². The van der Waals surface area contributed by atoms with Crippen LogP contribution in [-0.2, 0) is 6.42 Å². The summed E-state index contributed by atoms with van der Waals surface area (Å²) < 4.78 is 0. The number of nitrogens with zero attached hydrogens (tertiary/aromatic N) is 4. The Morgan fingerprint density at radius 1 is 0.689 bits per heavy atom. The van der Waals surface area contributed by atoms with E-state index in [-0.39, 0.29) is 6.04 Å². The third-order valence-corrected chi connectivity index (χ3v) is 9.32. The van der Waals surface area contributed by atoms with Gasteiger partial charge in [0.25, 0.3) is 0 Å². The van der Waals surface area contributed by atoms with Crippen LogP contribution in [0.2, 0.25) is 0 Å². The Morgan fingerprint density at radius 2 is 1.44 bits per heavy atom. The highest BCUT2D eigenvalue weighted by Gasteiger charge is 2.26. The van der Waals surface area contributed by atoms with E-state index in [2.05, 4.69) is 133 Å². The van der Waals surface area contributed by atoms with Gasteiger partial charge in [-0.25, -0.2) is 4.98 Å². The molecule has 4 nitrogen and oxygen atoms in total. The van der Waals surface area contributed by atoms with E-state index in [1.54, 1.807) is 0 Å². The van der Waals surface area contributed by atoms with E-state index in [9.17, 15) is 0 Å². The van der Waals surface area contributed by atoms with Crippen LogP contribution in [0.1, 0.15) is 40.5 Å². The van der Waals surface area contributed by atoms with Crippen LogP contribution in [0.5, 0.6) is 0 Å². The molecule has 45 heavy (non-hydrogen) atoms. The van der Waals surface area contributed by atoms with E-state index in [0.29, 0.717) is 0 Å². The largest absolute Gasteiger partial charge is 0.361 e. The minimum atomic E-state index is -0.0914. The first-order valence-corrected chi connectivity index (χ1v) is 15.6. The van der Waals surface area contributed by atoms with Crippen LogP contribution in [0.3, 0.4) is 0 Å². The van der Waals surface area contributed by atoms with Crippen LogP contribution in [0.4, 0.5) is 0 Å². The summed E-state index contributed by atoms with van der Waals surface area (Å²) in [4.78, 5) is 17.6. The molecule has 1 atom stereocenters. The normalized spacial score (nSPS) is 16.3. The quantitative estimate of drug-likeness (QED) is 0.196. The lowest BCUT2D eigenvalue weighted by atomic mass is 9.93. The Bertz CT molecular complexity index is 2420. The Morgan fingerprint density at radius 3 is 2.36 bits per heavy atom. The number of aromatic nitrogens is 3. The first-order valence-electron chi connectivity index (χ1n) is 15.6. The van der Waals surface area contributed by atoms with Crippen molar-refractivity contribution in [1.82, 2.24) is 19.9 Å². The molecular weight excluding hydrogens is 548 g/mol. The van der Waals surface area contributed by atoms with Crippen LogP contribution in [0.15, 0.2) is 128 Å². The lowest BCUT2D eigenvalue weighted by molar-refractivity contribution is 0.405. The molecule has 4 heterocycles. The highest BCUT2D eigenvalue weighted by atomic mass is 15.2. The number of likely N-dealkylation sites (N-methyl/N-ethyl adjacent to an activating group) is 1. The molecule has 9 rings (SSSR count). The van der Waals surface area contributed by atoms with Gasteiger partial charge in [-0.05, 0) is 101 Å². The highest BCUT2D eigenvalue weighted by Crippen LogP contribution is 2.39. The van der Waals surface area contributed by atoms with Crippen molar-refractivity contribution in [3.8, 4) is 0 Å². The number of rotatable bonds is 3. The summed E-state index contributed by atoms with van der Waals surface area (Å²) in [7, 11) is 2.15. The molecule has 1 unspecified atom stereocenters. The minimum Gasteiger partial charge on any atom is -0.361 e. The van der Waals surface area contributed by atoms with Gasteiger partial charge in [0, 0.05) is 35.0 Å². The average molecular weight is 579 g/mol. The van der Waals surface area contributed by atoms with Gasteiger partial charge in [-0.1, -0.05) is 66.7 Å². The highest BCUT2D eigenvalue weighted by molar-refractivity contribution is 5.97. The summed E-state index contributed by atoms with van der Waals surface area (Å²) >= 11 is 0. The first-order chi connectivity index (χ1) is 22.2. The smallest absolute Gasteiger partial charge is 0.0903 e. The fraction of sp³-hybridized carbons (Fsp3) is 0.0976. The zero-order valence-electron chi connectivity index (χ0n) is 25.0. The van der Waals surface area contributed by atoms with Crippen LogP contribution < -0.4 is 0 Å². The number of hydrogen-bond acceptors (Lipinski definition) is 4. The van der Waals surface area contributed by atoms with E-state index in [1.807, 2.05) is 12.3 Å². The maximum absolute atomic E-state index is 5.25. The fourth-order valence-corrected chi connectivity index (χ4v) is 6.87. The average Bonchev–Trinajstić information content (AvgIpc) is 3.09. The number of hydrogen-bond donors (Lipinski definition) is 0. The summed E-state index contributed by atoms with van der Waals surface area (Å²) in [6.45, 7) is 0. The predicted octanol–water partition coefficient (Wildman–Crippen LogP) is 9.55. The van der Waals surface area contributed by atoms with Gasteiger partial charge in [0.05, 0.1) is 39.7 Å². The number of allylic oxidation sites excluding steroid dienone is 3. The maximum atomic E-state index is 5.25. The number of fused-ring (bicyclic) bond motifs is 5. The van der Waals surface area contributed by atoms with Crippen molar-refractivity contribution < 1.29 is 0 Å². The minimum absolute atomic E-state index is 0.0914. The summed E-state index contributed by atoms with van der Waals surface area (Å²) in [6.07, 6.45) is 13.2. The summed E-state index contributed by atoms with van der Waals surface area (Å²) in [5.41, 5.74) is 10.9. The number of benzene rings is 4. The van der Waals surface area contributed by atoms with Crippen molar-refractivity contribution in [3.63, 3.8) is 0 Å². The molecule has 0 saturated heterocycles. The molecule has 3 aromatic heterocycles. The van der Waals surface area contributed by atoms with E-state index in [1.165, 1.54) is 27.3 Å². The van der Waals surface area contributed by atoms with E-state index in [0.717, 1.165) is 68.4 Å². The van der Waals surface area contributed by atoms with Crippen LogP contribution in [-0.4, -0.2) is 26.9 Å². The summed E-state index contributed by atoms with van der Waals surface area (Å²) in [5, 5.41) is 5.87. The van der Waals surface area contributed by atoms with Gasteiger partial charge >= 0.3 is 0 Å². The van der Waals surface area contributed by atoms with Gasteiger partial charge in [0.15, 0.2) is 0 Å². The molecule has 214 valence electrons. The lowest BCUT2D eigenvalue weighted by Gasteiger charge is -2.34. The van der Waals surface area contributed by atoms with Gasteiger partial charge in [-0.2, -0.15) is 0 Å². The number of pyridine rings is 3. The zero-order chi connectivity index (χ0) is 29.9. The molecule has 0 N–H and O–H groups in total.